The summed E-state index contributed by atoms with van der Waals surface area (Å²) in [6, 6.07) is 5.80. The molecule has 0 aromatic heterocycles. The van der Waals surface area contributed by atoms with E-state index in [-0.39, 0.29) is 11.6 Å². The summed E-state index contributed by atoms with van der Waals surface area (Å²) in [5.41, 5.74) is 0.798. The molecular weight excluding hydrogens is 286 g/mol. The fraction of sp³-hybridized carbons (Fsp3) is 0.647. The van der Waals surface area contributed by atoms with Gasteiger partial charge in [-0.05, 0) is 44.5 Å². The van der Waals surface area contributed by atoms with E-state index in [9.17, 15) is 0 Å². The molecular formula is C17H28ClNO2. The largest absolute Gasteiger partial charge is 0.496 e. The van der Waals surface area contributed by atoms with E-state index in [0.29, 0.717) is 11.6 Å². The first-order valence-electron chi connectivity index (χ1n) is 7.79. The van der Waals surface area contributed by atoms with Crippen molar-refractivity contribution in [2.24, 2.45) is 0 Å². The highest BCUT2D eigenvalue weighted by molar-refractivity contribution is 6.30. The number of ether oxygens (including phenoxy) is 2. The summed E-state index contributed by atoms with van der Waals surface area (Å²) in [6.45, 7) is 10.0. The van der Waals surface area contributed by atoms with Crippen molar-refractivity contribution in [3.63, 3.8) is 0 Å². The maximum absolute atomic E-state index is 6.21. The third-order valence-corrected chi connectivity index (χ3v) is 4.30. The smallest absolute Gasteiger partial charge is 0.123 e. The maximum atomic E-state index is 6.21. The number of likely N-dealkylation sites (N-methyl/N-ethyl adjacent to an activating group) is 1. The van der Waals surface area contributed by atoms with Crippen molar-refractivity contribution in [2.75, 3.05) is 20.3 Å². The van der Waals surface area contributed by atoms with Gasteiger partial charge < -0.3 is 14.8 Å². The standard InChI is InChI=1S/C17H28ClNO2/c1-6-17(7-2,21-9-4)16(19-8-3)14-12-13(18)10-11-15(14)20-5/h10-12,16,19H,6-9H2,1-5H3. The van der Waals surface area contributed by atoms with Gasteiger partial charge in [-0.1, -0.05) is 32.4 Å². The van der Waals surface area contributed by atoms with Crippen LogP contribution in [-0.2, 0) is 4.74 Å². The molecule has 0 fully saturated rings. The van der Waals surface area contributed by atoms with Crippen LogP contribution in [0.4, 0.5) is 0 Å². The predicted molar refractivity (Wildman–Crippen MR) is 89.4 cm³/mol. The van der Waals surface area contributed by atoms with Crippen LogP contribution in [0.1, 0.15) is 52.1 Å². The SMILES string of the molecule is CCNC(c1cc(Cl)ccc1OC)C(CC)(CC)OCC. The number of rotatable bonds is 9. The molecule has 0 bridgehead atoms. The summed E-state index contributed by atoms with van der Waals surface area (Å²) in [7, 11) is 1.69. The zero-order valence-electron chi connectivity index (χ0n) is 13.8. The average Bonchev–Trinajstić information content (AvgIpc) is 2.51. The summed E-state index contributed by atoms with van der Waals surface area (Å²) < 4.78 is 11.7. The quantitative estimate of drug-likeness (QED) is 0.723. The van der Waals surface area contributed by atoms with E-state index in [1.807, 2.05) is 25.1 Å². The first-order chi connectivity index (χ1) is 10.1. The number of hydrogen-bond donors (Lipinski definition) is 1. The molecule has 1 N–H and O–H groups in total. The van der Waals surface area contributed by atoms with Crippen LogP contribution in [0.5, 0.6) is 5.75 Å². The van der Waals surface area contributed by atoms with E-state index < -0.39 is 0 Å². The van der Waals surface area contributed by atoms with Crippen molar-refractivity contribution < 1.29 is 9.47 Å². The van der Waals surface area contributed by atoms with E-state index in [0.717, 1.165) is 30.7 Å². The predicted octanol–water partition coefficient (Wildman–Crippen LogP) is 4.59. The second-order valence-corrected chi connectivity index (χ2v) is 5.52. The number of nitrogens with one attached hydrogen (secondary N) is 1. The molecule has 0 radical (unpaired) electrons. The van der Waals surface area contributed by atoms with E-state index in [4.69, 9.17) is 21.1 Å². The molecule has 21 heavy (non-hydrogen) atoms. The lowest BCUT2D eigenvalue weighted by molar-refractivity contribution is -0.0734. The number of benzene rings is 1. The topological polar surface area (TPSA) is 30.5 Å². The second kappa shape index (κ2) is 8.62. The summed E-state index contributed by atoms with van der Waals surface area (Å²) in [4.78, 5) is 0. The highest BCUT2D eigenvalue weighted by atomic mass is 35.5. The van der Waals surface area contributed by atoms with Gasteiger partial charge in [0.2, 0.25) is 0 Å². The average molecular weight is 314 g/mol. The van der Waals surface area contributed by atoms with Crippen molar-refractivity contribution in [3.8, 4) is 5.75 Å². The van der Waals surface area contributed by atoms with Gasteiger partial charge in [0.25, 0.3) is 0 Å². The van der Waals surface area contributed by atoms with Crippen molar-refractivity contribution in [2.45, 2.75) is 52.2 Å². The van der Waals surface area contributed by atoms with Crippen molar-refractivity contribution in [3.05, 3.63) is 28.8 Å². The first-order valence-corrected chi connectivity index (χ1v) is 8.17. The Hall–Kier alpha value is -0.770. The van der Waals surface area contributed by atoms with Gasteiger partial charge in [-0.15, -0.1) is 0 Å². The van der Waals surface area contributed by atoms with Crippen LogP contribution in [0, 0.1) is 0 Å². The van der Waals surface area contributed by atoms with Crippen LogP contribution < -0.4 is 10.1 Å². The van der Waals surface area contributed by atoms with Crippen LogP contribution in [0.2, 0.25) is 5.02 Å². The van der Waals surface area contributed by atoms with Crippen LogP contribution in [0.25, 0.3) is 0 Å². The van der Waals surface area contributed by atoms with E-state index in [1.165, 1.54) is 0 Å². The van der Waals surface area contributed by atoms with Crippen molar-refractivity contribution in [1.82, 2.24) is 5.32 Å². The van der Waals surface area contributed by atoms with Gasteiger partial charge in [-0.2, -0.15) is 0 Å². The molecule has 4 heteroatoms. The van der Waals surface area contributed by atoms with Crippen molar-refractivity contribution in [1.29, 1.82) is 0 Å². The molecule has 1 aromatic carbocycles. The molecule has 0 aliphatic carbocycles. The fourth-order valence-corrected chi connectivity index (χ4v) is 3.13. The van der Waals surface area contributed by atoms with Gasteiger partial charge >= 0.3 is 0 Å². The van der Waals surface area contributed by atoms with Crippen LogP contribution >= 0.6 is 11.6 Å². The summed E-state index contributed by atoms with van der Waals surface area (Å²) >= 11 is 6.21. The van der Waals surface area contributed by atoms with Crippen molar-refractivity contribution >= 4 is 11.6 Å². The maximum Gasteiger partial charge on any atom is 0.123 e. The molecule has 1 unspecified atom stereocenters. The zero-order chi connectivity index (χ0) is 15.9. The van der Waals surface area contributed by atoms with E-state index in [1.54, 1.807) is 7.11 Å². The summed E-state index contributed by atoms with van der Waals surface area (Å²) in [6.07, 6.45) is 1.84. The minimum atomic E-state index is -0.261. The van der Waals surface area contributed by atoms with Gasteiger partial charge in [-0.3, -0.25) is 0 Å². The highest BCUT2D eigenvalue weighted by Gasteiger charge is 2.38. The molecule has 0 aliphatic rings. The lowest BCUT2D eigenvalue weighted by Gasteiger charge is -2.40. The Kier molecular flexibility index (Phi) is 7.50. The van der Waals surface area contributed by atoms with Crippen LogP contribution in [-0.4, -0.2) is 25.9 Å². The summed E-state index contributed by atoms with van der Waals surface area (Å²) in [5.74, 6) is 0.844. The zero-order valence-corrected chi connectivity index (χ0v) is 14.6. The third kappa shape index (κ3) is 4.12. The molecule has 0 saturated carbocycles. The monoisotopic (exact) mass is 313 g/mol. The van der Waals surface area contributed by atoms with Gasteiger partial charge in [0.15, 0.2) is 0 Å². The lowest BCUT2D eigenvalue weighted by atomic mass is 9.83. The van der Waals surface area contributed by atoms with Crippen LogP contribution in [0.3, 0.4) is 0 Å². The van der Waals surface area contributed by atoms with Gasteiger partial charge in [-0.25, -0.2) is 0 Å². The number of halogens is 1. The number of methoxy groups -OCH3 is 1. The molecule has 1 atom stereocenters. The normalized spacial score (nSPS) is 13.2. The minimum Gasteiger partial charge on any atom is -0.496 e. The molecule has 3 nitrogen and oxygen atoms in total. The highest BCUT2D eigenvalue weighted by Crippen LogP contribution is 2.40. The third-order valence-electron chi connectivity index (χ3n) is 4.07. The molecule has 1 rings (SSSR count). The first kappa shape index (κ1) is 18.3. The number of hydrogen-bond acceptors (Lipinski definition) is 3. The second-order valence-electron chi connectivity index (χ2n) is 5.08. The van der Waals surface area contributed by atoms with E-state index >= 15 is 0 Å². The Morgan fingerprint density at radius 1 is 1.19 bits per heavy atom. The summed E-state index contributed by atoms with van der Waals surface area (Å²) in [5, 5.41) is 4.28. The van der Waals surface area contributed by atoms with E-state index in [2.05, 4.69) is 26.1 Å². The Labute approximate surface area is 134 Å². The van der Waals surface area contributed by atoms with Gasteiger partial charge in [0, 0.05) is 17.2 Å². The molecule has 1 aromatic rings. The van der Waals surface area contributed by atoms with Crippen LogP contribution in [0.15, 0.2) is 18.2 Å². The van der Waals surface area contributed by atoms with Gasteiger partial charge in [0.1, 0.15) is 5.75 Å². The molecule has 0 saturated heterocycles. The Morgan fingerprint density at radius 3 is 2.33 bits per heavy atom. The molecule has 0 amide bonds. The molecule has 0 spiro atoms. The minimum absolute atomic E-state index is 0.0473. The Balaban J connectivity index is 3.36. The molecule has 120 valence electrons. The molecule has 0 heterocycles. The fourth-order valence-electron chi connectivity index (χ4n) is 2.95. The Morgan fingerprint density at radius 2 is 1.86 bits per heavy atom. The lowest BCUT2D eigenvalue weighted by Crippen LogP contribution is -2.45. The Bertz CT molecular complexity index is 433. The van der Waals surface area contributed by atoms with Gasteiger partial charge in [0.05, 0.1) is 18.8 Å². The molecule has 0 aliphatic heterocycles.